The van der Waals surface area contributed by atoms with Gasteiger partial charge in [-0.05, 0) is 52.5 Å². The second-order valence-electron chi connectivity index (χ2n) is 8.61. The van der Waals surface area contributed by atoms with Crippen molar-refractivity contribution in [2.75, 3.05) is 13.1 Å². The van der Waals surface area contributed by atoms with Gasteiger partial charge in [0.1, 0.15) is 17.5 Å². The Hall–Kier alpha value is -2.95. The maximum Gasteiger partial charge on any atom is 0.410 e. The molecule has 1 amide bonds. The second-order valence-corrected chi connectivity index (χ2v) is 8.61. The van der Waals surface area contributed by atoms with E-state index in [9.17, 15) is 14.4 Å². The summed E-state index contributed by atoms with van der Waals surface area (Å²) in [5.74, 6) is 0.321. The highest BCUT2D eigenvalue weighted by atomic mass is 19.1. The van der Waals surface area contributed by atoms with Crippen LogP contribution in [0.2, 0.25) is 0 Å². The molecule has 4 heterocycles. The Morgan fingerprint density at radius 2 is 2.03 bits per heavy atom. The average Bonchev–Trinajstić information content (AvgIpc) is 3.05. The highest BCUT2D eigenvalue weighted by molar-refractivity contribution is 5.68. The van der Waals surface area contributed by atoms with Gasteiger partial charge < -0.3 is 9.64 Å². The van der Waals surface area contributed by atoms with Crippen molar-refractivity contribution in [3.8, 4) is 11.9 Å². The zero-order valence-corrected chi connectivity index (χ0v) is 16.9. The molecule has 0 aliphatic carbocycles. The van der Waals surface area contributed by atoms with Gasteiger partial charge in [0.2, 0.25) is 0 Å². The largest absolute Gasteiger partial charge is 0.444 e. The number of likely N-dealkylation sites (tertiary alicyclic amines) is 1. The van der Waals surface area contributed by atoms with Crippen LogP contribution >= 0.6 is 0 Å². The number of fused-ring (bicyclic) bond motifs is 3. The quantitative estimate of drug-likeness (QED) is 0.735. The van der Waals surface area contributed by atoms with Gasteiger partial charge in [-0.2, -0.15) is 10.4 Å². The lowest BCUT2D eigenvalue weighted by Crippen LogP contribution is -2.41. The van der Waals surface area contributed by atoms with Crippen LogP contribution in [0.25, 0.3) is 5.82 Å². The van der Waals surface area contributed by atoms with E-state index in [4.69, 9.17) is 9.84 Å². The molecule has 4 rings (SSSR count). The van der Waals surface area contributed by atoms with Gasteiger partial charge in [0.15, 0.2) is 5.82 Å². The molecule has 2 aromatic heterocycles. The van der Waals surface area contributed by atoms with Gasteiger partial charge in [-0.1, -0.05) is 0 Å². The van der Waals surface area contributed by atoms with Gasteiger partial charge in [-0.25, -0.2) is 18.9 Å². The smallest absolute Gasteiger partial charge is 0.410 e. The predicted molar refractivity (Wildman–Crippen MR) is 103 cm³/mol. The van der Waals surface area contributed by atoms with Crippen molar-refractivity contribution in [2.24, 2.45) is 0 Å². The summed E-state index contributed by atoms with van der Waals surface area (Å²) in [7, 11) is 0. The highest BCUT2D eigenvalue weighted by Gasteiger charge is 2.33. The molecule has 2 aromatic rings. The molecule has 1 fully saturated rings. The number of amides is 1. The summed E-state index contributed by atoms with van der Waals surface area (Å²) in [6, 6.07) is 3.80. The number of ether oxygens (including phenoxy) is 1. The summed E-state index contributed by atoms with van der Waals surface area (Å²) in [5.41, 5.74) is 2.47. The van der Waals surface area contributed by atoms with Crippen LogP contribution in [0.3, 0.4) is 0 Å². The Bertz CT molecular complexity index is 994. The van der Waals surface area contributed by atoms with Crippen molar-refractivity contribution >= 4 is 6.09 Å². The molecule has 29 heavy (non-hydrogen) atoms. The molecule has 0 saturated carbocycles. The van der Waals surface area contributed by atoms with Gasteiger partial charge in [-0.3, -0.25) is 0 Å². The van der Waals surface area contributed by atoms with E-state index in [1.54, 1.807) is 9.58 Å². The molecule has 0 aromatic carbocycles. The number of piperidine rings is 1. The van der Waals surface area contributed by atoms with Crippen molar-refractivity contribution in [2.45, 2.75) is 58.0 Å². The maximum atomic E-state index is 13.5. The number of hydrogen-bond donors (Lipinski definition) is 0. The molecule has 7 nitrogen and oxygen atoms in total. The summed E-state index contributed by atoms with van der Waals surface area (Å²) in [6.07, 6.45) is 3.57. The van der Waals surface area contributed by atoms with Crippen molar-refractivity contribution in [1.82, 2.24) is 19.7 Å². The van der Waals surface area contributed by atoms with Crippen LogP contribution in [0.5, 0.6) is 0 Å². The summed E-state index contributed by atoms with van der Waals surface area (Å²) >= 11 is 0. The minimum atomic E-state index is -0.523. The lowest BCUT2D eigenvalue weighted by atomic mass is 9.90. The van der Waals surface area contributed by atoms with Crippen LogP contribution in [-0.2, 0) is 17.6 Å². The zero-order valence-electron chi connectivity index (χ0n) is 16.9. The number of carbonyl (C=O) groups is 1. The van der Waals surface area contributed by atoms with E-state index in [0.29, 0.717) is 50.2 Å². The number of rotatable bonds is 1. The molecule has 0 unspecified atom stereocenters. The molecule has 0 spiro atoms. The number of nitriles is 1. The first-order chi connectivity index (χ1) is 13.8. The number of halogens is 1. The van der Waals surface area contributed by atoms with E-state index >= 15 is 0 Å². The van der Waals surface area contributed by atoms with E-state index in [-0.39, 0.29) is 17.8 Å². The van der Waals surface area contributed by atoms with Gasteiger partial charge in [0.05, 0.1) is 23.1 Å². The predicted octanol–water partition coefficient (Wildman–Crippen LogP) is 3.49. The summed E-state index contributed by atoms with van der Waals surface area (Å²) < 4.78 is 20.7. The van der Waals surface area contributed by atoms with E-state index in [1.165, 1.54) is 12.3 Å². The summed E-state index contributed by atoms with van der Waals surface area (Å²) in [6.45, 7) is 6.68. The van der Waals surface area contributed by atoms with Crippen LogP contribution in [0, 0.1) is 17.1 Å². The number of aryl methyl sites for hydroxylation is 1. The van der Waals surface area contributed by atoms with E-state index in [1.807, 2.05) is 20.8 Å². The minimum absolute atomic E-state index is 0.0883. The molecule has 152 valence electrons. The fourth-order valence-corrected chi connectivity index (χ4v) is 4.05. The first-order valence-electron chi connectivity index (χ1n) is 9.91. The highest BCUT2D eigenvalue weighted by Crippen LogP contribution is 2.34. The van der Waals surface area contributed by atoms with Gasteiger partial charge in [0, 0.05) is 24.6 Å². The Labute approximate surface area is 169 Å². The molecule has 8 heteroatoms. The maximum absolute atomic E-state index is 13.5. The number of hydrogen-bond acceptors (Lipinski definition) is 5. The molecule has 2 aliphatic rings. The number of aromatic nitrogens is 3. The Kier molecular flexibility index (Phi) is 4.77. The monoisotopic (exact) mass is 397 g/mol. The van der Waals surface area contributed by atoms with Gasteiger partial charge in [-0.15, -0.1) is 0 Å². The van der Waals surface area contributed by atoms with Crippen LogP contribution in [0.15, 0.2) is 12.3 Å². The van der Waals surface area contributed by atoms with E-state index < -0.39 is 5.60 Å². The molecule has 1 saturated heterocycles. The fourth-order valence-electron chi connectivity index (χ4n) is 4.05. The van der Waals surface area contributed by atoms with Crippen LogP contribution in [-0.4, -0.2) is 44.4 Å². The lowest BCUT2D eigenvalue weighted by molar-refractivity contribution is 0.0204. The van der Waals surface area contributed by atoms with Crippen LogP contribution < -0.4 is 0 Å². The minimum Gasteiger partial charge on any atom is -0.444 e. The number of pyridine rings is 1. The molecular weight excluding hydrogens is 373 g/mol. The van der Waals surface area contributed by atoms with Crippen LogP contribution in [0.1, 0.15) is 62.0 Å². The van der Waals surface area contributed by atoms with Crippen LogP contribution in [0.4, 0.5) is 9.18 Å². The van der Waals surface area contributed by atoms with Crippen molar-refractivity contribution in [3.63, 3.8) is 0 Å². The third-order valence-electron chi connectivity index (χ3n) is 5.39. The van der Waals surface area contributed by atoms with Crippen molar-refractivity contribution < 1.29 is 13.9 Å². The first-order valence-corrected chi connectivity index (χ1v) is 9.91. The van der Waals surface area contributed by atoms with Crippen molar-refractivity contribution in [3.05, 3.63) is 40.6 Å². The molecule has 0 N–H and O–H groups in total. The molecule has 2 aliphatic heterocycles. The summed E-state index contributed by atoms with van der Waals surface area (Å²) in [5, 5.41) is 14.5. The third-order valence-corrected chi connectivity index (χ3v) is 5.39. The molecule has 0 atom stereocenters. The topological polar surface area (TPSA) is 84.0 Å². The summed E-state index contributed by atoms with van der Waals surface area (Å²) in [4.78, 5) is 18.2. The fraction of sp³-hybridized carbons (Fsp3) is 0.524. The van der Waals surface area contributed by atoms with Gasteiger partial charge >= 0.3 is 6.09 Å². The Morgan fingerprint density at radius 3 is 2.69 bits per heavy atom. The Morgan fingerprint density at radius 1 is 1.31 bits per heavy atom. The first kappa shape index (κ1) is 19.4. The number of carbonyl (C=O) groups excluding carboxylic acids is 1. The van der Waals surface area contributed by atoms with Gasteiger partial charge in [0.25, 0.3) is 0 Å². The average molecular weight is 397 g/mol. The standard InChI is InChI=1S/C21H24FN5O2/c1-21(2,3)29-20(28)26-8-6-13(7-9-26)18-16(11-23)17-5-4-14-10-15(22)12-24-19(14)27(17)25-18/h10,12-13H,4-9H2,1-3H3. The van der Waals surface area contributed by atoms with E-state index in [2.05, 4.69) is 11.1 Å². The lowest BCUT2D eigenvalue weighted by Gasteiger charge is -2.33. The van der Waals surface area contributed by atoms with Crippen molar-refractivity contribution in [1.29, 1.82) is 5.26 Å². The molecule has 0 bridgehead atoms. The zero-order chi connectivity index (χ0) is 20.8. The normalized spacial score (nSPS) is 16.7. The third kappa shape index (κ3) is 3.69. The van der Waals surface area contributed by atoms with E-state index in [0.717, 1.165) is 17.0 Å². The molecular formula is C21H24FN5O2. The molecule has 0 radical (unpaired) electrons. The number of nitrogens with zero attached hydrogens (tertiary/aromatic N) is 5. The SMILES string of the molecule is CC(C)(C)OC(=O)N1CCC(c2nn3c(c2C#N)CCc2cc(F)cnc2-3)CC1. The second kappa shape index (κ2) is 7.14. The Balaban J connectivity index is 1.56.